The fourth-order valence-electron chi connectivity index (χ4n) is 4.67. The molecule has 40 heavy (non-hydrogen) atoms. The standard InChI is InChI=1S/C29H32ClN5O4S/c1-20-5-11-23(12-6-20)40(37,38)35-25(17-24-26(30)31-19-32-27(24)35)22-9-7-21(8-10-22)18-33-13-15-34(16-14-33)28(36)39-29(2,3)4/h5-12,17,19H,13-16,18H2,1-4H3. The van der Waals surface area contributed by atoms with Crippen LogP contribution in [0.25, 0.3) is 22.3 Å². The Morgan fingerprint density at radius 3 is 2.25 bits per heavy atom. The number of hydrogen-bond donors (Lipinski definition) is 0. The molecule has 4 aromatic rings. The van der Waals surface area contributed by atoms with Gasteiger partial charge in [0.05, 0.1) is 16.0 Å². The van der Waals surface area contributed by atoms with Crippen molar-refractivity contribution in [2.45, 2.75) is 44.7 Å². The summed E-state index contributed by atoms with van der Waals surface area (Å²) in [7, 11) is -3.97. The number of rotatable bonds is 5. The van der Waals surface area contributed by atoms with Crippen LogP contribution in [-0.2, 0) is 21.3 Å². The van der Waals surface area contributed by atoms with Crippen LogP contribution in [0.4, 0.5) is 4.79 Å². The number of hydrogen-bond acceptors (Lipinski definition) is 7. The lowest BCUT2D eigenvalue weighted by atomic mass is 10.1. The fourth-order valence-corrected chi connectivity index (χ4v) is 6.34. The third kappa shape index (κ3) is 5.84. The number of halogens is 1. The molecule has 3 heterocycles. The SMILES string of the molecule is Cc1ccc(S(=O)(=O)n2c(-c3ccc(CN4CCN(C(=O)OC(C)(C)C)CC4)cc3)cc3c(Cl)ncnc32)cc1. The van der Waals surface area contributed by atoms with Gasteiger partial charge in [0.25, 0.3) is 10.0 Å². The minimum absolute atomic E-state index is 0.161. The summed E-state index contributed by atoms with van der Waals surface area (Å²) >= 11 is 6.34. The molecule has 9 nitrogen and oxygen atoms in total. The van der Waals surface area contributed by atoms with Gasteiger partial charge >= 0.3 is 6.09 Å². The molecule has 0 atom stereocenters. The Morgan fingerprint density at radius 1 is 0.975 bits per heavy atom. The maximum Gasteiger partial charge on any atom is 0.410 e. The van der Waals surface area contributed by atoms with E-state index < -0.39 is 15.6 Å². The number of benzene rings is 2. The molecule has 2 aromatic heterocycles. The number of aromatic nitrogens is 3. The highest BCUT2D eigenvalue weighted by atomic mass is 35.5. The van der Waals surface area contributed by atoms with Crippen molar-refractivity contribution < 1.29 is 17.9 Å². The predicted molar refractivity (Wildman–Crippen MR) is 155 cm³/mol. The van der Waals surface area contributed by atoms with Crippen molar-refractivity contribution in [2.24, 2.45) is 0 Å². The molecule has 1 saturated heterocycles. The summed E-state index contributed by atoms with van der Waals surface area (Å²) < 4.78 is 34.4. The Bertz CT molecular complexity index is 1640. The molecule has 0 unspecified atom stereocenters. The first-order valence-corrected chi connectivity index (χ1v) is 14.9. The largest absolute Gasteiger partial charge is 0.444 e. The first-order chi connectivity index (χ1) is 18.9. The average molecular weight is 582 g/mol. The van der Waals surface area contributed by atoms with Gasteiger partial charge in [0, 0.05) is 32.7 Å². The second-order valence-electron chi connectivity index (χ2n) is 11.0. The van der Waals surface area contributed by atoms with E-state index in [1.807, 2.05) is 52.0 Å². The molecule has 1 amide bonds. The number of fused-ring (bicyclic) bond motifs is 1. The van der Waals surface area contributed by atoms with E-state index in [4.69, 9.17) is 16.3 Å². The Morgan fingerprint density at radius 2 is 1.62 bits per heavy atom. The van der Waals surface area contributed by atoms with Gasteiger partial charge in [-0.3, -0.25) is 4.90 Å². The van der Waals surface area contributed by atoms with E-state index in [-0.39, 0.29) is 21.8 Å². The quantitative estimate of drug-likeness (QED) is 0.293. The van der Waals surface area contributed by atoms with Gasteiger partial charge in [-0.15, -0.1) is 0 Å². The molecule has 0 aliphatic carbocycles. The van der Waals surface area contributed by atoms with Gasteiger partial charge in [-0.2, -0.15) is 0 Å². The molecule has 1 fully saturated rings. The van der Waals surface area contributed by atoms with Gasteiger partial charge in [0.15, 0.2) is 5.65 Å². The average Bonchev–Trinajstić information content (AvgIpc) is 3.31. The van der Waals surface area contributed by atoms with E-state index in [1.54, 1.807) is 35.2 Å². The summed E-state index contributed by atoms with van der Waals surface area (Å²) in [4.78, 5) is 24.9. The Kier molecular flexibility index (Phi) is 7.60. The van der Waals surface area contributed by atoms with Crippen molar-refractivity contribution in [3.63, 3.8) is 0 Å². The van der Waals surface area contributed by atoms with E-state index in [1.165, 1.54) is 10.3 Å². The van der Waals surface area contributed by atoms with E-state index in [9.17, 15) is 13.2 Å². The number of nitrogens with zero attached hydrogens (tertiary/aromatic N) is 5. The van der Waals surface area contributed by atoms with Crippen LogP contribution >= 0.6 is 11.6 Å². The van der Waals surface area contributed by atoms with Crippen LogP contribution in [0.15, 0.2) is 65.8 Å². The van der Waals surface area contributed by atoms with Crippen molar-refractivity contribution >= 4 is 38.8 Å². The lowest BCUT2D eigenvalue weighted by molar-refractivity contribution is 0.0139. The van der Waals surface area contributed by atoms with Crippen LogP contribution in [0.1, 0.15) is 31.9 Å². The van der Waals surface area contributed by atoms with Crippen molar-refractivity contribution in [2.75, 3.05) is 26.2 Å². The van der Waals surface area contributed by atoms with Crippen molar-refractivity contribution in [1.29, 1.82) is 0 Å². The molecule has 0 bridgehead atoms. The Labute approximate surface area is 239 Å². The molecule has 11 heteroatoms. The first-order valence-electron chi connectivity index (χ1n) is 13.1. The van der Waals surface area contributed by atoms with Crippen molar-refractivity contribution in [3.8, 4) is 11.3 Å². The second kappa shape index (κ2) is 10.8. The van der Waals surface area contributed by atoms with E-state index >= 15 is 0 Å². The highest BCUT2D eigenvalue weighted by Crippen LogP contribution is 2.34. The maximum absolute atomic E-state index is 13.8. The van der Waals surface area contributed by atoms with Crippen LogP contribution in [0.2, 0.25) is 5.15 Å². The zero-order chi connectivity index (χ0) is 28.7. The summed E-state index contributed by atoms with van der Waals surface area (Å²) in [5.41, 5.74) is 2.92. The van der Waals surface area contributed by atoms with Gasteiger partial charge in [0.2, 0.25) is 0 Å². The smallest absolute Gasteiger partial charge is 0.410 e. The monoisotopic (exact) mass is 581 g/mol. The first kappa shape index (κ1) is 28.1. The van der Waals surface area contributed by atoms with Gasteiger partial charge in [-0.05, 0) is 57.0 Å². The molecule has 210 valence electrons. The van der Waals surface area contributed by atoms with E-state index in [0.29, 0.717) is 36.3 Å². The predicted octanol–water partition coefficient (Wildman–Crippen LogP) is 5.35. The van der Waals surface area contributed by atoms with Crippen LogP contribution in [0, 0.1) is 6.92 Å². The fraction of sp³-hybridized carbons (Fsp3) is 0.345. The lowest BCUT2D eigenvalue weighted by Gasteiger charge is -2.35. The normalized spacial score (nSPS) is 15.0. The van der Waals surface area contributed by atoms with E-state index in [0.717, 1.165) is 24.2 Å². The zero-order valence-electron chi connectivity index (χ0n) is 23.0. The van der Waals surface area contributed by atoms with Crippen LogP contribution < -0.4 is 0 Å². The van der Waals surface area contributed by atoms with E-state index in [2.05, 4.69) is 14.9 Å². The van der Waals surface area contributed by atoms with Crippen molar-refractivity contribution in [1.82, 2.24) is 23.7 Å². The molecular weight excluding hydrogens is 550 g/mol. The molecule has 0 N–H and O–H groups in total. The summed E-state index contributed by atoms with van der Waals surface area (Å²) in [6.45, 7) is 10.9. The number of carbonyl (C=O) groups is 1. The molecule has 5 rings (SSSR count). The number of ether oxygens (including phenoxy) is 1. The molecule has 0 radical (unpaired) electrons. The highest BCUT2D eigenvalue weighted by Gasteiger charge is 2.27. The molecule has 0 spiro atoms. The second-order valence-corrected chi connectivity index (χ2v) is 13.1. The third-order valence-corrected chi connectivity index (χ3v) is 8.76. The summed E-state index contributed by atoms with van der Waals surface area (Å²) in [6.07, 6.45) is 0.985. The van der Waals surface area contributed by atoms with Gasteiger partial charge < -0.3 is 9.64 Å². The number of amides is 1. The topological polar surface area (TPSA) is 97.6 Å². The highest BCUT2D eigenvalue weighted by molar-refractivity contribution is 7.90. The minimum atomic E-state index is -3.97. The van der Waals surface area contributed by atoms with Crippen LogP contribution in [0.3, 0.4) is 0 Å². The third-order valence-electron chi connectivity index (χ3n) is 6.75. The van der Waals surface area contributed by atoms with Crippen molar-refractivity contribution in [3.05, 3.63) is 77.2 Å². The van der Waals surface area contributed by atoms with Crippen LogP contribution in [-0.4, -0.2) is 70.0 Å². The molecule has 2 aromatic carbocycles. The summed E-state index contributed by atoms with van der Waals surface area (Å²) in [5.74, 6) is 0. The lowest BCUT2D eigenvalue weighted by Crippen LogP contribution is -2.49. The minimum Gasteiger partial charge on any atom is -0.444 e. The molecule has 1 aliphatic heterocycles. The van der Waals surface area contributed by atoms with Gasteiger partial charge in [-0.25, -0.2) is 27.2 Å². The van der Waals surface area contributed by atoms with Gasteiger partial charge in [0.1, 0.15) is 17.1 Å². The Hall–Kier alpha value is -3.47. The molecule has 1 aliphatic rings. The summed E-state index contributed by atoms with van der Waals surface area (Å²) in [6, 6.07) is 16.2. The number of carbonyl (C=O) groups excluding carboxylic acids is 1. The van der Waals surface area contributed by atoms with Crippen LogP contribution in [0.5, 0.6) is 0 Å². The molecular formula is C29H32ClN5O4S. The Balaban J connectivity index is 1.38. The number of aryl methyl sites for hydroxylation is 1. The maximum atomic E-state index is 13.8. The van der Waals surface area contributed by atoms with Gasteiger partial charge in [-0.1, -0.05) is 53.6 Å². The summed E-state index contributed by atoms with van der Waals surface area (Å²) in [5, 5.41) is 0.646. The number of piperazine rings is 1. The zero-order valence-corrected chi connectivity index (χ0v) is 24.5. The molecule has 0 saturated carbocycles.